The van der Waals surface area contributed by atoms with Crippen molar-refractivity contribution in [3.63, 3.8) is 0 Å². The summed E-state index contributed by atoms with van der Waals surface area (Å²) < 4.78 is 0. The first-order chi connectivity index (χ1) is 9.31. The minimum Gasteiger partial charge on any atom is -0.356 e. The first kappa shape index (κ1) is 18.3. The number of carbonyl (C=O) groups is 4. The van der Waals surface area contributed by atoms with Crippen molar-refractivity contribution < 1.29 is 19.2 Å². The van der Waals surface area contributed by atoms with Crippen molar-refractivity contribution in [2.75, 3.05) is 13.1 Å². The summed E-state index contributed by atoms with van der Waals surface area (Å²) in [5, 5.41) is 5.37. The van der Waals surface area contributed by atoms with E-state index in [9.17, 15) is 19.2 Å². The second-order valence-corrected chi connectivity index (χ2v) is 5.16. The molecule has 0 aliphatic carbocycles. The molecule has 6 nitrogen and oxygen atoms in total. The van der Waals surface area contributed by atoms with Crippen LogP contribution in [0.15, 0.2) is 0 Å². The predicted octanol–water partition coefficient (Wildman–Crippen LogP) is 0.593. The Morgan fingerprint density at radius 2 is 1.40 bits per heavy atom. The van der Waals surface area contributed by atoms with Gasteiger partial charge in [0.1, 0.15) is 11.6 Å². The fourth-order valence-electron chi connectivity index (χ4n) is 1.65. The molecule has 0 heterocycles. The van der Waals surface area contributed by atoms with Crippen LogP contribution >= 0.6 is 0 Å². The van der Waals surface area contributed by atoms with E-state index < -0.39 is 0 Å². The maximum absolute atomic E-state index is 11.3. The lowest BCUT2D eigenvalue weighted by Gasteiger charge is -2.12. The Bertz CT molecular complexity index is 366. The average Bonchev–Trinajstić information content (AvgIpc) is 2.30. The van der Waals surface area contributed by atoms with E-state index >= 15 is 0 Å². The molecule has 0 spiro atoms. The molecule has 0 saturated heterocycles. The molecule has 0 fully saturated rings. The third kappa shape index (κ3) is 11.4. The summed E-state index contributed by atoms with van der Waals surface area (Å²) in [6, 6.07) is 0. The lowest BCUT2D eigenvalue weighted by molar-refractivity contribution is -0.128. The molecule has 0 aromatic heterocycles. The van der Waals surface area contributed by atoms with Gasteiger partial charge >= 0.3 is 0 Å². The number of carbonyl (C=O) groups excluding carboxylic acids is 4. The van der Waals surface area contributed by atoms with Gasteiger partial charge in [-0.1, -0.05) is 6.92 Å². The van der Waals surface area contributed by atoms with Gasteiger partial charge in [-0.15, -0.1) is 0 Å². The van der Waals surface area contributed by atoms with E-state index in [4.69, 9.17) is 0 Å². The lowest BCUT2D eigenvalue weighted by Crippen LogP contribution is -2.30. The van der Waals surface area contributed by atoms with Crippen LogP contribution in [0.3, 0.4) is 0 Å². The van der Waals surface area contributed by atoms with Crippen LogP contribution in [0.5, 0.6) is 0 Å². The van der Waals surface area contributed by atoms with E-state index in [1.165, 1.54) is 13.8 Å². The van der Waals surface area contributed by atoms with Crippen LogP contribution in [0.1, 0.15) is 46.5 Å². The van der Waals surface area contributed by atoms with Gasteiger partial charge in [0, 0.05) is 13.1 Å². The zero-order valence-corrected chi connectivity index (χ0v) is 12.5. The van der Waals surface area contributed by atoms with E-state index in [1.54, 1.807) is 0 Å². The Labute approximate surface area is 119 Å². The van der Waals surface area contributed by atoms with Crippen LogP contribution in [0.25, 0.3) is 0 Å². The molecule has 1 unspecified atom stereocenters. The second kappa shape index (κ2) is 10.1. The maximum atomic E-state index is 11.3. The van der Waals surface area contributed by atoms with Gasteiger partial charge in [0.2, 0.25) is 11.8 Å². The Kier molecular flexibility index (Phi) is 9.24. The minimum absolute atomic E-state index is 0.0728. The van der Waals surface area contributed by atoms with Gasteiger partial charge in [-0.05, 0) is 32.6 Å². The van der Waals surface area contributed by atoms with Gasteiger partial charge in [-0.25, -0.2) is 0 Å². The summed E-state index contributed by atoms with van der Waals surface area (Å²) in [5.74, 6) is -0.526. The van der Waals surface area contributed by atoms with Crippen molar-refractivity contribution in [1.82, 2.24) is 10.6 Å². The predicted molar refractivity (Wildman–Crippen MR) is 75.0 cm³/mol. The number of nitrogens with one attached hydrogen (secondary N) is 2. The number of Topliss-reactive ketones (excluding diaryl/α,β-unsaturated/α-hetero) is 2. The monoisotopic (exact) mass is 284 g/mol. The second-order valence-electron chi connectivity index (χ2n) is 5.16. The fraction of sp³-hybridized carbons (Fsp3) is 0.714. The van der Waals surface area contributed by atoms with Crippen LogP contribution in [-0.4, -0.2) is 36.5 Å². The quantitative estimate of drug-likeness (QED) is 0.454. The summed E-state index contributed by atoms with van der Waals surface area (Å²) in [6.07, 6.45) is 1.48. The SMILES string of the molecule is CC(=O)CC(=O)NCCCC(C)CNC(=O)CC(C)=O. The average molecular weight is 284 g/mol. The molecule has 0 radical (unpaired) electrons. The van der Waals surface area contributed by atoms with Crippen molar-refractivity contribution in [2.24, 2.45) is 5.92 Å². The van der Waals surface area contributed by atoms with Crippen LogP contribution < -0.4 is 10.6 Å². The molecule has 0 aliphatic rings. The third-order valence-electron chi connectivity index (χ3n) is 2.66. The van der Waals surface area contributed by atoms with E-state index in [0.717, 1.165) is 12.8 Å². The highest BCUT2D eigenvalue weighted by atomic mass is 16.2. The number of hydrogen-bond donors (Lipinski definition) is 2. The van der Waals surface area contributed by atoms with Crippen molar-refractivity contribution in [3.8, 4) is 0 Å². The molecule has 20 heavy (non-hydrogen) atoms. The summed E-state index contributed by atoms with van der Waals surface area (Å²) >= 11 is 0. The number of amides is 2. The molecular formula is C14H24N2O4. The van der Waals surface area contributed by atoms with Crippen LogP contribution in [-0.2, 0) is 19.2 Å². The van der Waals surface area contributed by atoms with Crippen molar-refractivity contribution >= 4 is 23.4 Å². The topological polar surface area (TPSA) is 92.3 Å². The van der Waals surface area contributed by atoms with Crippen molar-refractivity contribution in [3.05, 3.63) is 0 Å². The van der Waals surface area contributed by atoms with Gasteiger partial charge in [0.15, 0.2) is 0 Å². The summed E-state index contributed by atoms with van der Waals surface area (Å²) in [4.78, 5) is 43.9. The molecule has 2 N–H and O–H groups in total. The summed E-state index contributed by atoms with van der Waals surface area (Å²) in [7, 11) is 0. The first-order valence-corrected chi connectivity index (χ1v) is 6.83. The summed E-state index contributed by atoms with van der Waals surface area (Å²) in [5.41, 5.74) is 0. The van der Waals surface area contributed by atoms with Gasteiger partial charge in [-0.3, -0.25) is 19.2 Å². The molecule has 0 bridgehead atoms. The van der Waals surface area contributed by atoms with E-state index in [2.05, 4.69) is 10.6 Å². The Hall–Kier alpha value is -1.72. The highest BCUT2D eigenvalue weighted by Gasteiger charge is 2.08. The van der Waals surface area contributed by atoms with Crippen LogP contribution in [0, 0.1) is 5.92 Å². The molecule has 0 aromatic carbocycles. The summed E-state index contributed by atoms with van der Waals surface area (Å²) in [6.45, 7) is 5.80. The lowest BCUT2D eigenvalue weighted by atomic mass is 10.1. The zero-order valence-electron chi connectivity index (χ0n) is 12.5. The molecule has 2 amide bonds. The highest BCUT2D eigenvalue weighted by Crippen LogP contribution is 2.03. The Morgan fingerprint density at radius 3 is 1.90 bits per heavy atom. The number of rotatable bonds is 10. The Morgan fingerprint density at radius 1 is 0.900 bits per heavy atom. The van der Waals surface area contributed by atoms with Crippen molar-refractivity contribution in [2.45, 2.75) is 46.5 Å². The fourth-order valence-corrected chi connectivity index (χ4v) is 1.65. The normalized spacial score (nSPS) is 11.6. The molecule has 1 atom stereocenters. The standard InChI is InChI=1S/C14H24N2O4/c1-10(9-16-14(20)8-12(3)18)5-4-6-15-13(19)7-11(2)17/h10H,4-9H2,1-3H3,(H,15,19)(H,16,20). The Balaban J connectivity index is 3.61. The molecule has 0 rings (SSSR count). The van der Waals surface area contributed by atoms with E-state index in [-0.39, 0.29) is 42.1 Å². The molecule has 0 aliphatic heterocycles. The van der Waals surface area contributed by atoms with Gasteiger partial charge < -0.3 is 10.6 Å². The number of ketones is 2. The van der Waals surface area contributed by atoms with Gasteiger partial charge in [-0.2, -0.15) is 0 Å². The van der Waals surface area contributed by atoms with Gasteiger partial charge in [0.25, 0.3) is 0 Å². The van der Waals surface area contributed by atoms with Crippen molar-refractivity contribution in [1.29, 1.82) is 0 Å². The van der Waals surface area contributed by atoms with Crippen LogP contribution in [0.4, 0.5) is 0 Å². The van der Waals surface area contributed by atoms with Gasteiger partial charge in [0.05, 0.1) is 12.8 Å². The zero-order chi connectivity index (χ0) is 15.5. The van der Waals surface area contributed by atoms with E-state index in [1.807, 2.05) is 6.92 Å². The van der Waals surface area contributed by atoms with E-state index in [0.29, 0.717) is 13.1 Å². The molecular weight excluding hydrogens is 260 g/mol. The molecule has 6 heteroatoms. The maximum Gasteiger partial charge on any atom is 0.227 e. The smallest absolute Gasteiger partial charge is 0.227 e. The third-order valence-corrected chi connectivity index (χ3v) is 2.66. The first-order valence-electron chi connectivity index (χ1n) is 6.83. The molecule has 0 saturated carbocycles. The number of hydrogen-bond acceptors (Lipinski definition) is 4. The molecule has 114 valence electrons. The highest BCUT2D eigenvalue weighted by molar-refractivity contribution is 5.97. The minimum atomic E-state index is -0.251. The molecule has 0 aromatic rings. The largest absolute Gasteiger partial charge is 0.356 e. The van der Waals surface area contributed by atoms with Crippen LogP contribution in [0.2, 0.25) is 0 Å².